The number of nitriles is 1. The quantitative estimate of drug-likeness (QED) is 0.509. The van der Waals surface area contributed by atoms with Crippen molar-refractivity contribution in [3.8, 4) is 6.07 Å². The number of hydrogen-bond acceptors (Lipinski definition) is 5. The number of nitrogens with two attached hydrogens (primary N) is 1. The van der Waals surface area contributed by atoms with Crippen molar-refractivity contribution in [2.75, 3.05) is 5.73 Å². The summed E-state index contributed by atoms with van der Waals surface area (Å²) >= 11 is 7.74. The zero-order chi connectivity index (χ0) is 18.5. The highest BCUT2D eigenvalue weighted by Crippen LogP contribution is 2.26. The topological polar surface area (TPSA) is 75.6 Å². The molecule has 0 saturated carbocycles. The van der Waals surface area contributed by atoms with Gasteiger partial charge in [0.15, 0.2) is 5.16 Å². The molecule has 0 radical (unpaired) electrons. The molecule has 0 saturated heterocycles. The Labute approximate surface area is 162 Å². The molecule has 2 aromatic carbocycles. The van der Waals surface area contributed by atoms with E-state index in [-0.39, 0.29) is 5.82 Å². The van der Waals surface area contributed by atoms with Gasteiger partial charge in [0.25, 0.3) is 0 Å². The van der Waals surface area contributed by atoms with E-state index in [1.54, 1.807) is 0 Å². The van der Waals surface area contributed by atoms with Crippen LogP contribution in [0, 0.1) is 18.3 Å². The molecule has 1 heterocycles. The molecule has 4 nitrogen and oxygen atoms in total. The predicted molar refractivity (Wildman–Crippen MR) is 106 cm³/mol. The van der Waals surface area contributed by atoms with Gasteiger partial charge in [-0.1, -0.05) is 71.4 Å². The molecule has 3 rings (SSSR count). The van der Waals surface area contributed by atoms with E-state index in [9.17, 15) is 5.26 Å². The average molecular weight is 381 g/mol. The summed E-state index contributed by atoms with van der Waals surface area (Å²) in [6.07, 6.45) is 0.438. The van der Waals surface area contributed by atoms with E-state index in [0.29, 0.717) is 27.9 Å². The molecule has 0 unspecified atom stereocenters. The van der Waals surface area contributed by atoms with Gasteiger partial charge in [-0.2, -0.15) is 5.26 Å². The Morgan fingerprint density at radius 2 is 1.85 bits per heavy atom. The van der Waals surface area contributed by atoms with Gasteiger partial charge < -0.3 is 5.73 Å². The highest BCUT2D eigenvalue weighted by molar-refractivity contribution is 7.98. The lowest BCUT2D eigenvalue weighted by molar-refractivity contribution is 0.902. The largest absolute Gasteiger partial charge is 0.382 e. The summed E-state index contributed by atoms with van der Waals surface area (Å²) < 4.78 is 0. The van der Waals surface area contributed by atoms with Gasteiger partial charge in [0.1, 0.15) is 17.5 Å². The Balaban J connectivity index is 1.85. The standard InChI is InChI=1S/C20H17ClN4S/c1-13-6-8-14(9-7-13)12-26-20-24-18(16(11-22)19(23)25-20)10-15-4-2-3-5-17(15)21/h2-9H,10,12H2,1H3,(H2,23,24,25). The molecule has 0 bridgehead atoms. The number of rotatable bonds is 5. The number of halogens is 1. The van der Waals surface area contributed by atoms with E-state index >= 15 is 0 Å². The van der Waals surface area contributed by atoms with Crippen LogP contribution in [-0.4, -0.2) is 9.97 Å². The highest BCUT2D eigenvalue weighted by Gasteiger charge is 2.14. The van der Waals surface area contributed by atoms with Crippen molar-refractivity contribution in [1.82, 2.24) is 9.97 Å². The number of nitrogens with zero attached hydrogens (tertiary/aromatic N) is 3. The lowest BCUT2D eigenvalue weighted by Crippen LogP contribution is -2.06. The van der Waals surface area contributed by atoms with Crippen LogP contribution in [0.5, 0.6) is 0 Å². The summed E-state index contributed by atoms with van der Waals surface area (Å²) in [5.74, 6) is 0.938. The number of nitrogen functional groups attached to an aromatic ring is 1. The summed E-state index contributed by atoms with van der Waals surface area (Å²) in [5, 5.41) is 10.6. The minimum Gasteiger partial charge on any atom is -0.382 e. The molecule has 130 valence electrons. The summed E-state index contributed by atoms with van der Waals surface area (Å²) in [6, 6.07) is 17.9. The maximum absolute atomic E-state index is 9.42. The van der Waals surface area contributed by atoms with Crippen LogP contribution in [0.2, 0.25) is 5.02 Å². The molecule has 6 heteroatoms. The highest BCUT2D eigenvalue weighted by atomic mass is 35.5. The van der Waals surface area contributed by atoms with Gasteiger partial charge in [-0.3, -0.25) is 0 Å². The van der Waals surface area contributed by atoms with E-state index in [2.05, 4.69) is 47.2 Å². The molecular formula is C20H17ClN4S. The van der Waals surface area contributed by atoms with Crippen molar-refractivity contribution in [3.63, 3.8) is 0 Å². The van der Waals surface area contributed by atoms with Crippen molar-refractivity contribution < 1.29 is 0 Å². The molecule has 0 spiro atoms. The van der Waals surface area contributed by atoms with E-state index < -0.39 is 0 Å². The third kappa shape index (κ3) is 4.34. The van der Waals surface area contributed by atoms with Gasteiger partial charge in [-0.15, -0.1) is 0 Å². The monoisotopic (exact) mass is 380 g/mol. The van der Waals surface area contributed by atoms with E-state index in [1.165, 1.54) is 22.9 Å². The van der Waals surface area contributed by atoms with Crippen molar-refractivity contribution in [2.45, 2.75) is 24.3 Å². The number of benzene rings is 2. The van der Waals surface area contributed by atoms with E-state index in [0.717, 1.165) is 11.3 Å². The fourth-order valence-electron chi connectivity index (χ4n) is 2.47. The fourth-order valence-corrected chi connectivity index (χ4v) is 3.50. The smallest absolute Gasteiger partial charge is 0.190 e. The number of aromatic nitrogens is 2. The Morgan fingerprint density at radius 1 is 1.12 bits per heavy atom. The molecule has 0 fully saturated rings. The van der Waals surface area contributed by atoms with Gasteiger partial charge in [-0.05, 0) is 24.1 Å². The second-order valence-corrected chi connectivity index (χ2v) is 7.22. The Hall–Kier alpha value is -2.55. The average Bonchev–Trinajstić information content (AvgIpc) is 2.63. The van der Waals surface area contributed by atoms with E-state index in [1.807, 2.05) is 24.3 Å². The zero-order valence-electron chi connectivity index (χ0n) is 14.2. The number of hydrogen-bond donors (Lipinski definition) is 1. The zero-order valence-corrected chi connectivity index (χ0v) is 15.8. The lowest BCUT2D eigenvalue weighted by atomic mass is 10.1. The third-order valence-corrected chi connectivity index (χ3v) is 5.19. The fraction of sp³-hybridized carbons (Fsp3) is 0.150. The van der Waals surface area contributed by atoms with Crippen LogP contribution in [0.1, 0.15) is 27.9 Å². The predicted octanol–water partition coefficient (Wildman–Crippen LogP) is 4.78. The second kappa shape index (κ2) is 8.22. The number of anilines is 1. The third-order valence-electron chi connectivity index (χ3n) is 3.91. The van der Waals surface area contributed by atoms with Gasteiger partial charge in [0.2, 0.25) is 0 Å². The maximum Gasteiger partial charge on any atom is 0.190 e. The summed E-state index contributed by atoms with van der Waals surface area (Å²) in [5.41, 5.74) is 10.2. The number of thioether (sulfide) groups is 1. The normalized spacial score (nSPS) is 10.5. The molecular weight excluding hydrogens is 364 g/mol. The first-order valence-corrected chi connectivity index (χ1v) is 9.41. The molecule has 0 atom stereocenters. The van der Waals surface area contributed by atoms with Gasteiger partial charge in [0.05, 0.1) is 5.69 Å². The number of aryl methyl sites for hydroxylation is 1. The van der Waals surface area contributed by atoms with Crippen molar-refractivity contribution in [3.05, 3.63) is 81.5 Å². The van der Waals surface area contributed by atoms with Crippen LogP contribution in [0.4, 0.5) is 5.82 Å². The first kappa shape index (κ1) is 18.2. The van der Waals surface area contributed by atoms with Gasteiger partial charge in [0, 0.05) is 17.2 Å². The van der Waals surface area contributed by atoms with Crippen molar-refractivity contribution >= 4 is 29.2 Å². The van der Waals surface area contributed by atoms with Crippen LogP contribution in [0.15, 0.2) is 53.7 Å². The molecule has 0 aliphatic carbocycles. The second-order valence-electron chi connectivity index (χ2n) is 5.87. The van der Waals surface area contributed by atoms with Gasteiger partial charge >= 0.3 is 0 Å². The molecule has 26 heavy (non-hydrogen) atoms. The van der Waals surface area contributed by atoms with Crippen LogP contribution < -0.4 is 5.73 Å². The van der Waals surface area contributed by atoms with Crippen LogP contribution in [0.25, 0.3) is 0 Å². The van der Waals surface area contributed by atoms with Crippen molar-refractivity contribution in [2.24, 2.45) is 0 Å². The first-order chi connectivity index (χ1) is 12.6. The SMILES string of the molecule is Cc1ccc(CSc2nc(N)c(C#N)c(Cc3ccccc3Cl)n2)cc1. The first-order valence-electron chi connectivity index (χ1n) is 8.05. The van der Waals surface area contributed by atoms with Crippen LogP contribution in [0.3, 0.4) is 0 Å². The molecule has 0 aliphatic rings. The Morgan fingerprint density at radius 3 is 2.54 bits per heavy atom. The molecule has 0 amide bonds. The molecule has 3 aromatic rings. The minimum absolute atomic E-state index is 0.205. The Kier molecular flexibility index (Phi) is 5.77. The molecule has 2 N–H and O–H groups in total. The lowest BCUT2D eigenvalue weighted by Gasteiger charge is -2.09. The van der Waals surface area contributed by atoms with E-state index in [4.69, 9.17) is 17.3 Å². The summed E-state index contributed by atoms with van der Waals surface area (Å²) in [7, 11) is 0. The van der Waals surface area contributed by atoms with Crippen molar-refractivity contribution in [1.29, 1.82) is 5.26 Å². The van der Waals surface area contributed by atoms with Gasteiger partial charge in [-0.25, -0.2) is 9.97 Å². The maximum atomic E-state index is 9.42. The van der Waals surface area contributed by atoms with Crippen LogP contribution >= 0.6 is 23.4 Å². The Bertz CT molecular complexity index is 965. The molecule has 0 aliphatic heterocycles. The molecule has 1 aromatic heterocycles. The summed E-state index contributed by atoms with van der Waals surface area (Å²) in [6.45, 7) is 2.06. The minimum atomic E-state index is 0.205. The van der Waals surface area contributed by atoms with Crippen LogP contribution in [-0.2, 0) is 12.2 Å². The summed E-state index contributed by atoms with van der Waals surface area (Å²) in [4.78, 5) is 8.84.